The number of hydrazine groups is 1. The van der Waals surface area contributed by atoms with Crippen molar-refractivity contribution in [3.63, 3.8) is 0 Å². The highest BCUT2D eigenvalue weighted by Gasteiger charge is 2.30. The van der Waals surface area contributed by atoms with Gasteiger partial charge in [0.1, 0.15) is 13.0 Å². The second-order valence-electron chi connectivity index (χ2n) is 4.18. The number of morpholine rings is 1. The van der Waals surface area contributed by atoms with Crippen molar-refractivity contribution >= 4 is 23.5 Å². The summed E-state index contributed by atoms with van der Waals surface area (Å²) in [6.07, 6.45) is -0.681. The Bertz CT molecular complexity index is 517. The summed E-state index contributed by atoms with van der Waals surface area (Å²) in [7, 11) is 0. The van der Waals surface area contributed by atoms with Gasteiger partial charge in [0.2, 0.25) is 0 Å². The summed E-state index contributed by atoms with van der Waals surface area (Å²) < 4.78 is 5.01. The average Bonchev–Trinajstić information content (AvgIpc) is 2.42. The molecule has 0 atom stereocenters. The van der Waals surface area contributed by atoms with E-state index in [1.807, 2.05) is 0 Å². The summed E-state index contributed by atoms with van der Waals surface area (Å²) in [5.74, 6) is -2.28. The van der Waals surface area contributed by atoms with Crippen LogP contribution in [-0.2, 0) is 19.1 Å². The first-order chi connectivity index (χ1) is 9.59. The molecule has 1 N–H and O–H groups in total. The van der Waals surface area contributed by atoms with E-state index in [1.165, 1.54) is 5.01 Å². The number of nitrogens with zero attached hydrogens (tertiary/aromatic N) is 2. The number of carbonyl (C=O) groups excluding carboxylic acids is 2. The molecule has 1 aliphatic heterocycles. The molecule has 0 aliphatic carbocycles. The van der Waals surface area contributed by atoms with Crippen molar-refractivity contribution in [2.75, 3.05) is 24.8 Å². The van der Waals surface area contributed by atoms with Gasteiger partial charge in [-0.2, -0.15) is 0 Å². The van der Waals surface area contributed by atoms with Gasteiger partial charge >= 0.3 is 5.97 Å². The van der Waals surface area contributed by atoms with Crippen molar-refractivity contribution in [3.05, 3.63) is 30.3 Å². The van der Waals surface area contributed by atoms with E-state index in [-0.39, 0.29) is 19.1 Å². The van der Waals surface area contributed by atoms with Gasteiger partial charge in [-0.15, -0.1) is 0 Å². The van der Waals surface area contributed by atoms with Crippen molar-refractivity contribution in [1.82, 2.24) is 5.01 Å². The van der Waals surface area contributed by atoms with Crippen molar-refractivity contribution in [2.45, 2.75) is 6.42 Å². The standard InChI is InChI=1S/C13H14N2O5/c16-11(8-13(18)19)15(10-4-2-1-3-5-10)14-6-7-20-9-12(14)17/h1-5H,6-9H2,(H,18,19). The van der Waals surface area contributed by atoms with Gasteiger partial charge in [-0.05, 0) is 12.1 Å². The van der Waals surface area contributed by atoms with Crippen molar-refractivity contribution < 1.29 is 24.2 Å². The summed E-state index contributed by atoms with van der Waals surface area (Å²) in [4.78, 5) is 34.7. The number of carbonyl (C=O) groups is 3. The summed E-state index contributed by atoms with van der Waals surface area (Å²) in [6.45, 7) is 0.387. The molecule has 2 rings (SSSR count). The van der Waals surface area contributed by atoms with Crippen molar-refractivity contribution in [3.8, 4) is 0 Å². The van der Waals surface area contributed by atoms with Gasteiger partial charge in [0.05, 0.1) is 18.8 Å². The van der Waals surface area contributed by atoms with Crippen LogP contribution in [0.2, 0.25) is 0 Å². The topological polar surface area (TPSA) is 87.2 Å². The predicted octanol–water partition coefficient (Wildman–Crippen LogP) is 0.268. The predicted molar refractivity (Wildman–Crippen MR) is 68.7 cm³/mol. The van der Waals surface area contributed by atoms with E-state index in [0.717, 1.165) is 5.01 Å². The van der Waals surface area contributed by atoms with Crippen LogP contribution in [0.4, 0.5) is 5.69 Å². The third-order valence-corrected chi connectivity index (χ3v) is 2.74. The molecule has 1 fully saturated rings. The fourth-order valence-corrected chi connectivity index (χ4v) is 1.91. The summed E-state index contributed by atoms with van der Waals surface area (Å²) >= 11 is 0. The van der Waals surface area contributed by atoms with Crippen LogP contribution in [0.25, 0.3) is 0 Å². The van der Waals surface area contributed by atoms with Crippen molar-refractivity contribution in [1.29, 1.82) is 0 Å². The molecule has 106 valence electrons. The Hall–Kier alpha value is -2.41. The second kappa shape index (κ2) is 6.16. The number of rotatable bonds is 4. The lowest BCUT2D eigenvalue weighted by atomic mass is 10.3. The van der Waals surface area contributed by atoms with E-state index in [0.29, 0.717) is 12.3 Å². The molecule has 2 amide bonds. The highest BCUT2D eigenvalue weighted by molar-refractivity contribution is 6.04. The summed E-state index contributed by atoms with van der Waals surface area (Å²) in [5, 5.41) is 11.1. The van der Waals surface area contributed by atoms with Crippen LogP contribution in [-0.4, -0.2) is 47.7 Å². The third kappa shape index (κ3) is 3.12. The van der Waals surface area contributed by atoms with Gasteiger partial charge in [0.25, 0.3) is 11.8 Å². The number of carboxylic acid groups (broad SMARTS) is 1. The fraction of sp³-hybridized carbons (Fsp3) is 0.308. The number of carboxylic acids is 1. The molecule has 0 unspecified atom stereocenters. The highest BCUT2D eigenvalue weighted by atomic mass is 16.5. The Morgan fingerprint density at radius 1 is 1.30 bits per heavy atom. The molecular formula is C13H14N2O5. The molecular weight excluding hydrogens is 264 g/mol. The molecule has 0 radical (unpaired) electrons. The lowest BCUT2D eigenvalue weighted by Crippen LogP contribution is -2.55. The summed E-state index contributed by atoms with van der Waals surface area (Å²) in [6, 6.07) is 8.47. The molecule has 1 saturated heterocycles. The quantitative estimate of drug-likeness (QED) is 0.799. The summed E-state index contributed by atoms with van der Waals surface area (Å²) in [5.41, 5.74) is 0.453. The minimum Gasteiger partial charge on any atom is -0.481 e. The van der Waals surface area contributed by atoms with Crippen LogP contribution in [0.1, 0.15) is 6.42 Å². The first kappa shape index (κ1) is 14.0. The van der Waals surface area contributed by atoms with Crippen molar-refractivity contribution in [2.24, 2.45) is 0 Å². The maximum absolute atomic E-state index is 12.1. The molecule has 0 saturated carbocycles. The SMILES string of the molecule is O=C(O)CC(=O)N(c1ccccc1)N1CCOCC1=O. The number of hydrogen-bond acceptors (Lipinski definition) is 4. The lowest BCUT2D eigenvalue weighted by molar-refractivity contribution is -0.149. The second-order valence-corrected chi connectivity index (χ2v) is 4.18. The Labute approximate surface area is 115 Å². The van der Waals surface area contributed by atoms with Gasteiger partial charge in [0.15, 0.2) is 0 Å². The van der Waals surface area contributed by atoms with Crippen LogP contribution in [0.5, 0.6) is 0 Å². The molecule has 7 nitrogen and oxygen atoms in total. The maximum Gasteiger partial charge on any atom is 0.312 e. The van der Waals surface area contributed by atoms with E-state index >= 15 is 0 Å². The number of anilines is 1. The third-order valence-electron chi connectivity index (χ3n) is 2.74. The van der Waals surface area contributed by atoms with Gasteiger partial charge in [-0.25, -0.2) is 10.0 Å². The van der Waals surface area contributed by atoms with Crippen LogP contribution >= 0.6 is 0 Å². The van der Waals surface area contributed by atoms with Crippen LogP contribution in [0.15, 0.2) is 30.3 Å². The minimum absolute atomic E-state index is 0.121. The van der Waals surface area contributed by atoms with Gasteiger partial charge < -0.3 is 9.84 Å². The van der Waals surface area contributed by atoms with Gasteiger partial charge in [-0.3, -0.25) is 14.4 Å². The molecule has 1 aromatic rings. The normalized spacial score (nSPS) is 15.0. The Balaban J connectivity index is 2.30. The number of aliphatic carboxylic acids is 1. The minimum atomic E-state index is -1.24. The number of para-hydroxylation sites is 1. The van der Waals surface area contributed by atoms with E-state index in [1.54, 1.807) is 30.3 Å². The van der Waals surface area contributed by atoms with E-state index in [4.69, 9.17) is 9.84 Å². The molecule has 7 heteroatoms. The average molecular weight is 278 g/mol. The van der Waals surface area contributed by atoms with Gasteiger partial charge in [0, 0.05) is 0 Å². The number of amides is 2. The zero-order chi connectivity index (χ0) is 14.5. The monoisotopic (exact) mass is 278 g/mol. The number of ether oxygens (including phenoxy) is 1. The smallest absolute Gasteiger partial charge is 0.312 e. The van der Waals surface area contributed by atoms with Crippen LogP contribution in [0, 0.1) is 0 Å². The lowest BCUT2D eigenvalue weighted by Gasteiger charge is -2.36. The fourth-order valence-electron chi connectivity index (χ4n) is 1.91. The zero-order valence-corrected chi connectivity index (χ0v) is 10.7. The highest BCUT2D eigenvalue weighted by Crippen LogP contribution is 2.19. The molecule has 20 heavy (non-hydrogen) atoms. The maximum atomic E-state index is 12.1. The molecule has 0 aromatic heterocycles. The largest absolute Gasteiger partial charge is 0.481 e. The molecule has 0 bridgehead atoms. The van der Waals surface area contributed by atoms with E-state index in [9.17, 15) is 14.4 Å². The molecule has 1 aliphatic rings. The Morgan fingerprint density at radius 2 is 2.00 bits per heavy atom. The number of benzene rings is 1. The first-order valence-corrected chi connectivity index (χ1v) is 6.07. The number of hydrogen-bond donors (Lipinski definition) is 1. The molecule has 1 aromatic carbocycles. The van der Waals surface area contributed by atoms with Crippen LogP contribution in [0.3, 0.4) is 0 Å². The molecule has 0 spiro atoms. The Morgan fingerprint density at radius 3 is 2.60 bits per heavy atom. The Kier molecular flexibility index (Phi) is 4.31. The van der Waals surface area contributed by atoms with E-state index < -0.39 is 18.3 Å². The van der Waals surface area contributed by atoms with E-state index in [2.05, 4.69) is 0 Å². The molecule has 1 heterocycles. The van der Waals surface area contributed by atoms with Gasteiger partial charge in [-0.1, -0.05) is 18.2 Å². The first-order valence-electron chi connectivity index (χ1n) is 6.07. The zero-order valence-electron chi connectivity index (χ0n) is 10.7. The van der Waals surface area contributed by atoms with Crippen LogP contribution < -0.4 is 5.01 Å².